The van der Waals surface area contributed by atoms with Gasteiger partial charge in [0.2, 0.25) is 5.91 Å². The van der Waals surface area contributed by atoms with E-state index in [2.05, 4.69) is 20.4 Å². The van der Waals surface area contributed by atoms with E-state index in [1.54, 1.807) is 7.11 Å². The number of nitrogens with zero attached hydrogens (tertiary/aromatic N) is 3. The highest BCUT2D eigenvalue weighted by molar-refractivity contribution is 7.99. The third kappa shape index (κ3) is 4.75. The number of ether oxygens (including phenoxy) is 1. The molecular formula is C18H21N5O3S. The van der Waals surface area contributed by atoms with Crippen molar-refractivity contribution >= 4 is 23.3 Å². The normalized spacial score (nSPS) is 11.0. The number of nitrogens with one attached hydrogen (secondary N) is 2. The number of hydrogen-bond acceptors (Lipinski definition) is 6. The molecule has 27 heavy (non-hydrogen) atoms. The highest BCUT2D eigenvalue weighted by atomic mass is 32.2. The molecule has 142 valence electrons. The van der Waals surface area contributed by atoms with Crippen molar-refractivity contribution in [3.8, 4) is 11.4 Å². The number of aromatic amines is 1. The Hall–Kier alpha value is -2.65. The first-order chi connectivity index (χ1) is 13.1. The maximum Gasteiger partial charge on any atom is 0.266 e. The van der Waals surface area contributed by atoms with Gasteiger partial charge in [-0.15, -0.1) is 0 Å². The Labute approximate surface area is 160 Å². The predicted octanol–water partition coefficient (Wildman–Crippen LogP) is 1.64. The summed E-state index contributed by atoms with van der Waals surface area (Å²) in [5, 5.41) is 6.01. The van der Waals surface area contributed by atoms with Gasteiger partial charge in [-0.25, -0.2) is 14.5 Å². The standard InChI is InChI=1S/C18H21N5O3S/c1-12-6-3-4-7-13(12)17-20-14-10-15(24)22-23(14)18(21-17)27-11-16(25)19-8-5-9-26-2/h3-4,6-7,10H,5,8-9,11H2,1-2H3,(H,19,25)(H,22,24). The van der Waals surface area contributed by atoms with Crippen molar-refractivity contribution in [1.82, 2.24) is 24.9 Å². The summed E-state index contributed by atoms with van der Waals surface area (Å²) in [5.41, 5.74) is 2.12. The molecule has 8 nitrogen and oxygen atoms in total. The van der Waals surface area contributed by atoms with Crippen molar-refractivity contribution in [2.24, 2.45) is 0 Å². The van der Waals surface area contributed by atoms with Gasteiger partial charge in [0.05, 0.1) is 5.75 Å². The second-order valence-corrected chi connectivity index (χ2v) is 6.89. The molecule has 1 aromatic carbocycles. The second kappa shape index (κ2) is 8.83. The molecule has 0 fully saturated rings. The summed E-state index contributed by atoms with van der Waals surface area (Å²) in [6, 6.07) is 9.19. The first kappa shape index (κ1) is 19.1. The number of benzene rings is 1. The van der Waals surface area contributed by atoms with Crippen molar-refractivity contribution in [2.75, 3.05) is 26.0 Å². The van der Waals surface area contributed by atoms with E-state index in [4.69, 9.17) is 4.74 Å². The lowest BCUT2D eigenvalue weighted by Gasteiger charge is -2.09. The molecule has 0 radical (unpaired) electrons. The summed E-state index contributed by atoms with van der Waals surface area (Å²) >= 11 is 1.25. The fourth-order valence-corrected chi connectivity index (χ4v) is 3.33. The second-order valence-electron chi connectivity index (χ2n) is 5.94. The van der Waals surface area contributed by atoms with Crippen LogP contribution in [0.1, 0.15) is 12.0 Å². The van der Waals surface area contributed by atoms with Crippen LogP contribution in [0.3, 0.4) is 0 Å². The molecule has 0 saturated heterocycles. The topological polar surface area (TPSA) is 101 Å². The number of amides is 1. The number of carbonyl (C=O) groups is 1. The Morgan fingerprint density at radius 2 is 2.15 bits per heavy atom. The molecule has 0 atom stereocenters. The van der Waals surface area contributed by atoms with E-state index in [1.807, 2.05) is 31.2 Å². The highest BCUT2D eigenvalue weighted by Gasteiger charge is 2.14. The largest absolute Gasteiger partial charge is 0.385 e. The third-order valence-electron chi connectivity index (χ3n) is 3.89. The summed E-state index contributed by atoms with van der Waals surface area (Å²) in [6.45, 7) is 3.14. The Morgan fingerprint density at radius 3 is 2.93 bits per heavy atom. The van der Waals surface area contributed by atoms with E-state index >= 15 is 0 Å². The predicted molar refractivity (Wildman–Crippen MR) is 104 cm³/mol. The van der Waals surface area contributed by atoms with Crippen LogP contribution in [0.2, 0.25) is 0 Å². The molecule has 0 saturated carbocycles. The lowest BCUT2D eigenvalue weighted by Crippen LogP contribution is -2.27. The van der Waals surface area contributed by atoms with Gasteiger partial charge in [-0.05, 0) is 18.9 Å². The summed E-state index contributed by atoms with van der Waals surface area (Å²) in [7, 11) is 1.63. The number of methoxy groups -OCH3 is 1. The number of aromatic nitrogens is 4. The lowest BCUT2D eigenvalue weighted by atomic mass is 10.1. The van der Waals surface area contributed by atoms with Gasteiger partial charge in [0.1, 0.15) is 0 Å². The van der Waals surface area contributed by atoms with Crippen LogP contribution in [0, 0.1) is 6.92 Å². The van der Waals surface area contributed by atoms with Crippen molar-refractivity contribution in [1.29, 1.82) is 0 Å². The molecule has 2 heterocycles. The first-order valence-corrected chi connectivity index (χ1v) is 9.51. The van der Waals surface area contributed by atoms with E-state index in [9.17, 15) is 9.59 Å². The molecule has 3 rings (SSSR count). The SMILES string of the molecule is COCCCNC(=O)CSc1nc(-c2ccccc2C)nc2cc(=O)[nH]n12. The Morgan fingerprint density at radius 1 is 1.33 bits per heavy atom. The molecule has 2 N–H and O–H groups in total. The van der Waals surface area contributed by atoms with Crippen LogP contribution >= 0.6 is 11.8 Å². The van der Waals surface area contributed by atoms with Crippen LogP contribution in [0.15, 0.2) is 40.3 Å². The zero-order chi connectivity index (χ0) is 19.2. The fraction of sp³-hybridized carbons (Fsp3) is 0.333. The average molecular weight is 387 g/mol. The molecule has 0 aliphatic carbocycles. The summed E-state index contributed by atoms with van der Waals surface area (Å²) in [4.78, 5) is 32.8. The zero-order valence-corrected chi connectivity index (χ0v) is 16.0. The maximum atomic E-state index is 12.0. The fourth-order valence-electron chi connectivity index (χ4n) is 2.55. The van der Waals surface area contributed by atoms with Gasteiger partial charge in [0.15, 0.2) is 16.6 Å². The number of hydrogen-bond donors (Lipinski definition) is 2. The van der Waals surface area contributed by atoms with Crippen LogP contribution in [-0.4, -0.2) is 51.5 Å². The van der Waals surface area contributed by atoms with Crippen LogP contribution < -0.4 is 10.9 Å². The number of rotatable bonds is 8. The van der Waals surface area contributed by atoms with Gasteiger partial charge in [-0.3, -0.25) is 14.7 Å². The molecule has 0 aliphatic heterocycles. The number of aryl methyl sites for hydroxylation is 1. The smallest absolute Gasteiger partial charge is 0.266 e. The molecule has 0 spiro atoms. The zero-order valence-electron chi connectivity index (χ0n) is 15.2. The summed E-state index contributed by atoms with van der Waals surface area (Å²) in [5.74, 6) is 0.608. The van der Waals surface area contributed by atoms with E-state index < -0.39 is 0 Å². The van der Waals surface area contributed by atoms with Crippen molar-refractivity contribution in [3.05, 3.63) is 46.2 Å². The van der Waals surface area contributed by atoms with Gasteiger partial charge < -0.3 is 10.1 Å². The van der Waals surface area contributed by atoms with Crippen LogP contribution in [0.4, 0.5) is 0 Å². The monoisotopic (exact) mass is 387 g/mol. The van der Waals surface area contributed by atoms with Crippen molar-refractivity contribution in [2.45, 2.75) is 18.5 Å². The van der Waals surface area contributed by atoms with Gasteiger partial charge in [0, 0.05) is 31.9 Å². The molecule has 0 unspecified atom stereocenters. The van der Waals surface area contributed by atoms with Crippen molar-refractivity contribution in [3.63, 3.8) is 0 Å². The first-order valence-electron chi connectivity index (χ1n) is 8.53. The Balaban J connectivity index is 1.82. The summed E-state index contributed by atoms with van der Waals surface area (Å²) in [6.07, 6.45) is 0.757. The van der Waals surface area contributed by atoms with Gasteiger partial charge >= 0.3 is 0 Å². The van der Waals surface area contributed by atoms with Crippen LogP contribution in [0.5, 0.6) is 0 Å². The van der Waals surface area contributed by atoms with Crippen LogP contribution in [0.25, 0.3) is 17.0 Å². The molecule has 3 aromatic rings. The molecule has 0 bridgehead atoms. The van der Waals surface area contributed by atoms with Crippen molar-refractivity contribution < 1.29 is 9.53 Å². The van der Waals surface area contributed by atoms with E-state index in [1.165, 1.54) is 22.3 Å². The molecule has 9 heteroatoms. The number of thioether (sulfide) groups is 1. The maximum absolute atomic E-state index is 12.0. The molecule has 0 aliphatic rings. The Kier molecular flexibility index (Phi) is 6.25. The minimum Gasteiger partial charge on any atom is -0.385 e. The van der Waals surface area contributed by atoms with Gasteiger partial charge in [-0.1, -0.05) is 36.0 Å². The number of carbonyl (C=O) groups excluding carboxylic acids is 1. The average Bonchev–Trinajstić information content (AvgIpc) is 3.04. The van der Waals surface area contributed by atoms with Gasteiger partial charge in [-0.2, -0.15) is 0 Å². The van der Waals surface area contributed by atoms with E-state index in [-0.39, 0.29) is 17.2 Å². The third-order valence-corrected chi connectivity index (χ3v) is 4.83. The van der Waals surface area contributed by atoms with Crippen LogP contribution in [-0.2, 0) is 9.53 Å². The van der Waals surface area contributed by atoms with E-state index in [0.29, 0.717) is 29.8 Å². The number of fused-ring (bicyclic) bond motifs is 1. The molecule has 1 amide bonds. The number of H-pyrrole nitrogens is 1. The quantitative estimate of drug-likeness (QED) is 0.450. The van der Waals surface area contributed by atoms with Gasteiger partial charge in [0.25, 0.3) is 5.56 Å². The van der Waals surface area contributed by atoms with E-state index in [0.717, 1.165) is 17.5 Å². The lowest BCUT2D eigenvalue weighted by molar-refractivity contribution is -0.118. The summed E-state index contributed by atoms with van der Waals surface area (Å²) < 4.78 is 6.46. The minimum absolute atomic E-state index is 0.102. The molecular weight excluding hydrogens is 366 g/mol. The minimum atomic E-state index is -0.267. The molecule has 2 aromatic heterocycles. The highest BCUT2D eigenvalue weighted by Crippen LogP contribution is 2.23. The Bertz CT molecular complexity index is 998.